The van der Waals surface area contributed by atoms with Gasteiger partial charge >= 0.3 is 0 Å². The van der Waals surface area contributed by atoms with E-state index in [1.807, 2.05) is 0 Å². The van der Waals surface area contributed by atoms with Crippen molar-refractivity contribution in [3.63, 3.8) is 0 Å². The summed E-state index contributed by atoms with van der Waals surface area (Å²) in [5.74, 6) is 0. The average Bonchev–Trinajstić information content (AvgIpc) is 2.52. The lowest BCUT2D eigenvalue weighted by Gasteiger charge is -2.10. The maximum atomic E-state index is 12.4. The van der Waals surface area contributed by atoms with Crippen LogP contribution in [-0.2, 0) is 20.0 Å². The summed E-state index contributed by atoms with van der Waals surface area (Å²) in [5, 5.41) is 9.15. The monoisotopic (exact) mass is 348 g/mol. The second-order valence-electron chi connectivity index (χ2n) is 4.43. The van der Waals surface area contributed by atoms with Crippen molar-refractivity contribution < 1.29 is 21.4 Å². The highest BCUT2D eigenvalue weighted by molar-refractivity contribution is 7.95. The molecule has 0 aliphatic heterocycles. The van der Waals surface area contributed by atoms with Gasteiger partial charge in [0.1, 0.15) is 21.1 Å². The molecule has 0 spiro atoms. The zero-order valence-electron chi connectivity index (χ0n) is 11.6. The average molecular weight is 348 g/mol. The number of nitriles is 1. The van der Waals surface area contributed by atoms with Crippen LogP contribution in [0.15, 0.2) is 69.3 Å². The quantitative estimate of drug-likeness (QED) is 0.616. The van der Waals surface area contributed by atoms with Crippen LogP contribution in [0.5, 0.6) is 0 Å². The van der Waals surface area contributed by atoms with E-state index in [1.54, 1.807) is 12.1 Å². The van der Waals surface area contributed by atoms with Crippen molar-refractivity contribution in [2.24, 2.45) is 0 Å². The van der Waals surface area contributed by atoms with Gasteiger partial charge in [0.2, 0.25) is 9.84 Å². The Balaban J connectivity index is 2.65. The lowest BCUT2D eigenvalue weighted by atomic mass is 10.2. The molecular weight excluding hydrogens is 338 g/mol. The standard InChI is InChI=1S/C15H11NO5S2/c16-11-14(22(17,18)13-7-2-1-3-8-13)10-12-6-4-5-9-15(12)23(19,20)21/h1-10H,(H,19,20,21)/p-1/b14-10-. The molecule has 2 aromatic rings. The van der Waals surface area contributed by atoms with Crippen molar-refractivity contribution in [2.75, 3.05) is 0 Å². The van der Waals surface area contributed by atoms with E-state index in [-0.39, 0.29) is 10.5 Å². The minimum atomic E-state index is -4.80. The number of rotatable bonds is 4. The summed E-state index contributed by atoms with van der Waals surface area (Å²) in [5.41, 5.74) is -0.154. The third kappa shape index (κ3) is 3.65. The summed E-state index contributed by atoms with van der Waals surface area (Å²) in [6.45, 7) is 0. The van der Waals surface area contributed by atoms with Crippen molar-refractivity contribution >= 4 is 26.0 Å². The van der Waals surface area contributed by atoms with Gasteiger partial charge in [-0.1, -0.05) is 36.4 Å². The lowest BCUT2D eigenvalue weighted by Crippen LogP contribution is -2.05. The van der Waals surface area contributed by atoms with Crippen LogP contribution in [-0.4, -0.2) is 21.4 Å². The SMILES string of the molecule is N#C/C(=C/c1ccccc1S(=O)(=O)[O-])S(=O)(=O)c1ccccc1. The van der Waals surface area contributed by atoms with Crippen LogP contribution in [0.4, 0.5) is 0 Å². The second-order valence-corrected chi connectivity index (χ2v) is 7.70. The van der Waals surface area contributed by atoms with Crippen molar-refractivity contribution in [1.29, 1.82) is 5.26 Å². The first-order valence-corrected chi connectivity index (χ1v) is 9.13. The van der Waals surface area contributed by atoms with E-state index < -0.39 is 29.8 Å². The summed E-state index contributed by atoms with van der Waals surface area (Å²) >= 11 is 0. The number of benzene rings is 2. The molecule has 0 saturated carbocycles. The summed E-state index contributed by atoms with van der Waals surface area (Å²) in [4.78, 5) is -1.34. The first kappa shape index (κ1) is 16.9. The first-order chi connectivity index (χ1) is 10.8. The molecule has 0 radical (unpaired) electrons. The molecule has 2 aromatic carbocycles. The zero-order valence-corrected chi connectivity index (χ0v) is 13.2. The van der Waals surface area contributed by atoms with Gasteiger partial charge in [-0.05, 0) is 29.8 Å². The Labute approximate surface area is 134 Å². The Hall–Kier alpha value is -2.47. The summed E-state index contributed by atoms with van der Waals surface area (Å²) in [6, 6.07) is 13.9. The Morgan fingerprint density at radius 3 is 2.09 bits per heavy atom. The number of nitrogens with zero attached hydrogens (tertiary/aromatic N) is 1. The molecule has 0 bridgehead atoms. The highest BCUT2D eigenvalue weighted by Gasteiger charge is 2.21. The second kappa shape index (κ2) is 6.34. The molecule has 118 valence electrons. The Bertz CT molecular complexity index is 1000. The molecule has 0 aliphatic rings. The van der Waals surface area contributed by atoms with E-state index >= 15 is 0 Å². The van der Waals surface area contributed by atoms with Crippen LogP contribution in [0.25, 0.3) is 6.08 Å². The first-order valence-electron chi connectivity index (χ1n) is 6.23. The third-order valence-corrected chi connectivity index (χ3v) is 5.52. The zero-order chi connectivity index (χ0) is 17.1. The van der Waals surface area contributed by atoms with E-state index in [9.17, 15) is 21.4 Å². The van der Waals surface area contributed by atoms with E-state index in [0.717, 1.165) is 12.1 Å². The minimum absolute atomic E-state index is 0.102. The molecular formula is C15H10NO5S2-. The normalized spacial score (nSPS) is 12.6. The molecule has 23 heavy (non-hydrogen) atoms. The van der Waals surface area contributed by atoms with Crippen LogP contribution in [0, 0.1) is 11.3 Å². The van der Waals surface area contributed by atoms with Crippen LogP contribution >= 0.6 is 0 Å². The van der Waals surface area contributed by atoms with E-state index in [1.165, 1.54) is 42.5 Å². The van der Waals surface area contributed by atoms with E-state index in [4.69, 9.17) is 5.26 Å². The van der Waals surface area contributed by atoms with E-state index in [2.05, 4.69) is 0 Å². The maximum Gasteiger partial charge on any atom is 0.216 e. The van der Waals surface area contributed by atoms with Gasteiger partial charge in [-0.3, -0.25) is 0 Å². The van der Waals surface area contributed by atoms with Crippen molar-refractivity contribution in [3.8, 4) is 6.07 Å². The topological polar surface area (TPSA) is 115 Å². The lowest BCUT2D eigenvalue weighted by molar-refractivity contribution is 0.463. The van der Waals surface area contributed by atoms with Gasteiger partial charge in [-0.15, -0.1) is 0 Å². The fourth-order valence-electron chi connectivity index (χ4n) is 1.87. The van der Waals surface area contributed by atoms with Gasteiger partial charge in [-0.25, -0.2) is 16.8 Å². The largest absolute Gasteiger partial charge is 0.744 e. The fourth-order valence-corrected chi connectivity index (χ4v) is 3.70. The van der Waals surface area contributed by atoms with Crippen molar-refractivity contribution in [3.05, 3.63) is 65.1 Å². The Morgan fingerprint density at radius 2 is 1.52 bits per heavy atom. The molecule has 0 heterocycles. The number of allylic oxidation sites excluding steroid dienone is 1. The molecule has 0 atom stereocenters. The van der Waals surface area contributed by atoms with Crippen molar-refractivity contribution in [1.82, 2.24) is 0 Å². The number of hydrogen-bond donors (Lipinski definition) is 0. The van der Waals surface area contributed by atoms with Gasteiger partial charge in [0.15, 0.2) is 0 Å². The molecule has 6 nitrogen and oxygen atoms in total. The molecule has 0 N–H and O–H groups in total. The molecule has 0 fully saturated rings. The third-order valence-electron chi connectivity index (χ3n) is 2.93. The van der Waals surface area contributed by atoms with Gasteiger partial charge in [-0.2, -0.15) is 5.26 Å². The Kier molecular flexibility index (Phi) is 4.65. The molecule has 2 rings (SSSR count). The Morgan fingerprint density at radius 1 is 0.957 bits per heavy atom. The summed E-state index contributed by atoms with van der Waals surface area (Å²) in [6.07, 6.45) is 0.882. The van der Waals surface area contributed by atoms with Gasteiger partial charge in [0.05, 0.1) is 9.79 Å². The number of hydrogen-bond acceptors (Lipinski definition) is 6. The van der Waals surface area contributed by atoms with Gasteiger partial charge in [0, 0.05) is 0 Å². The summed E-state index contributed by atoms with van der Waals surface area (Å²) < 4.78 is 58.5. The smallest absolute Gasteiger partial charge is 0.216 e. The predicted molar refractivity (Wildman–Crippen MR) is 81.6 cm³/mol. The highest BCUT2D eigenvalue weighted by Crippen LogP contribution is 2.24. The summed E-state index contributed by atoms with van der Waals surface area (Å²) in [7, 11) is -8.90. The van der Waals surface area contributed by atoms with Crippen molar-refractivity contribution in [2.45, 2.75) is 9.79 Å². The number of sulfone groups is 1. The fraction of sp³-hybridized carbons (Fsp3) is 0. The molecule has 0 aliphatic carbocycles. The molecule has 0 amide bonds. The van der Waals surface area contributed by atoms with Crippen LogP contribution in [0.2, 0.25) is 0 Å². The minimum Gasteiger partial charge on any atom is -0.744 e. The van der Waals surface area contributed by atoms with Crippen LogP contribution in [0.3, 0.4) is 0 Å². The van der Waals surface area contributed by atoms with Crippen LogP contribution in [0.1, 0.15) is 5.56 Å². The highest BCUT2D eigenvalue weighted by atomic mass is 32.2. The van der Waals surface area contributed by atoms with Gasteiger partial charge < -0.3 is 4.55 Å². The van der Waals surface area contributed by atoms with E-state index in [0.29, 0.717) is 0 Å². The van der Waals surface area contributed by atoms with Crippen LogP contribution < -0.4 is 0 Å². The molecule has 0 unspecified atom stereocenters. The maximum absolute atomic E-state index is 12.4. The predicted octanol–water partition coefficient (Wildman–Crippen LogP) is 1.93. The molecule has 8 heteroatoms. The molecule has 0 saturated heterocycles. The molecule has 0 aromatic heterocycles. The van der Waals surface area contributed by atoms with Gasteiger partial charge in [0.25, 0.3) is 0 Å².